The first-order valence-corrected chi connectivity index (χ1v) is 6.69. The number of H-pyrrole nitrogens is 1. The average Bonchev–Trinajstić information content (AvgIpc) is 2.66. The van der Waals surface area contributed by atoms with Crippen LogP contribution in [0.1, 0.15) is 5.69 Å². The number of aromatic amines is 1. The zero-order chi connectivity index (χ0) is 15.1. The summed E-state index contributed by atoms with van der Waals surface area (Å²) >= 11 is 0. The summed E-state index contributed by atoms with van der Waals surface area (Å²) in [5, 5.41) is 13.6. The Morgan fingerprint density at radius 2 is 2.00 bits per heavy atom. The third-order valence-electron chi connectivity index (χ3n) is 2.53. The van der Waals surface area contributed by atoms with Gasteiger partial charge in [0.25, 0.3) is 21.4 Å². The summed E-state index contributed by atoms with van der Waals surface area (Å²) < 4.78 is 31.8. The summed E-state index contributed by atoms with van der Waals surface area (Å²) in [4.78, 5) is 21.2. The Morgan fingerprint density at radius 1 is 1.35 bits per heavy atom. The second-order valence-corrected chi connectivity index (χ2v) is 5.42. The molecule has 1 aromatic carbocycles. The third-order valence-corrected chi connectivity index (χ3v) is 3.38. The molecule has 0 amide bonds. The van der Waals surface area contributed by atoms with Crippen molar-refractivity contribution in [1.29, 1.82) is 0 Å². The first-order valence-electron chi connectivity index (χ1n) is 5.25. The van der Waals surface area contributed by atoms with E-state index in [1.807, 2.05) is 0 Å². The van der Waals surface area contributed by atoms with Gasteiger partial charge in [-0.1, -0.05) is 0 Å². The molecule has 2 N–H and O–H groups in total. The number of hydrogen-bond acceptors (Lipinski definition) is 5. The summed E-state index contributed by atoms with van der Waals surface area (Å²) in [6, 6.07) is 3.96. The van der Waals surface area contributed by atoms with Gasteiger partial charge >= 0.3 is 0 Å². The first kappa shape index (κ1) is 14.0. The van der Waals surface area contributed by atoms with E-state index in [9.17, 15) is 23.3 Å². The number of aromatic nitrogens is 2. The van der Waals surface area contributed by atoms with Crippen LogP contribution in [0.3, 0.4) is 0 Å². The molecule has 10 heteroatoms. The lowest BCUT2D eigenvalue weighted by atomic mass is 10.2. The van der Waals surface area contributed by atoms with E-state index in [1.54, 1.807) is 6.92 Å². The van der Waals surface area contributed by atoms with Crippen LogP contribution in [0.15, 0.2) is 34.0 Å². The van der Waals surface area contributed by atoms with Gasteiger partial charge in [-0.3, -0.25) is 24.6 Å². The van der Waals surface area contributed by atoms with Gasteiger partial charge in [-0.2, -0.15) is 8.42 Å². The molecular formula is C10H9N3O6S. The number of nitro groups is 1. The minimum atomic E-state index is -4.56. The molecule has 1 heterocycles. The van der Waals surface area contributed by atoms with Crippen molar-refractivity contribution in [3.8, 4) is 5.69 Å². The van der Waals surface area contributed by atoms with E-state index in [4.69, 9.17) is 4.55 Å². The van der Waals surface area contributed by atoms with Crippen LogP contribution in [-0.2, 0) is 10.1 Å². The molecule has 0 bridgehead atoms. The highest BCUT2D eigenvalue weighted by Gasteiger charge is 2.22. The number of nitro benzene ring substituents is 1. The van der Waals surface area contributed by atoms with Crippen molar-refractivity contribution >= 4 is 15.8 Å². The maximum absolute atomic E-state index is 11.6. The maximum atomic E-state index is 11.6. The molecular weight excluding hydrogens is 290 g/mol. The normalized spacial score (nSPS) is 11.5. The SMILES string of the molecule is Cc1cc(=O)n(-c2ccc(S(=O)(=O)O)cc2[N+](=O)[O-])[nH]1. The molecule has 0 atom stereocenters. The zero-order valence-corrected chi connectivity index (χ0v) is 10.9. The summed E-state index contributed by atoms with van der Waals surface area (Å²) in [6.07, 6.45) is 0. The van der Waals surface area contributed by atoms with Crippen LogP contribution in [0.2, 0.25) is 0 Å². The van der Waals surface area contributed by atoms with E-state index in [1.165, 1.54) is 6.07 Å². The predicted octanol–water partition coefficient (Wildman–Crippen LogP) is 0.629. The molecule has 0 unspecified atom stereocenters. The fourth-order valence-corrected chi connectivity index (χ4v) is 2.19. The number of benzene rings is 1. The lowest BCUT2D eigenvalue weighted by Gasteiger charge is -2.05. The number of nitrogens with one attached hydrogen (secondary N) is 1. The smallest absolute Gasteiger partial charge is 0.295 e. The molecule has 1 aromatic heterocycles. The quantitative estimate of drug-likeness (QED) is 0.484. The molecule has 0 fully saturated rings. The number of rotatable bonds is 3. The number of aryl methyl sites for hydroxylation is 1. The van der Waals surface area contributed by atoms with Gasteiger partial charge in [-0.15, -0.1) is 0 Å². The van der Waals surface area contributed by atoms with Gasteiger partial charge in [0, 0.05) is 17.8 Å². The summed E-state index contributed by atoms with van der Waals surface area (Å²) in [5.41, 5.74) is -0.780. The Balaban J connectivity index is 2.75. The lowest BCUT2D eigenvalue weighted by molar-refractivity contribution is -0.384. The van der Waals surface area contributed by atoms with Crippen LogP contribution >= 0.6 is 0 Å². The molecule has 2 rings (SSSR count). The molecule has 20 heavy (non-hydrogen) atoms. The molecule has 9 nitrogen and oxygen atoms in total. The van der Waals surface area contributed by atoms with Gasteiger partial charge < -0.3 is 0 Å². The Kier molecular flexibility index (Phi) is 3.19. The van der Waals surface area contributed by atoms with Crippen molar-refractivity contribution in [1.82, 2.24) is 9.78 Å². The Bertz CT molecular complexity index is 848. The van der Waals surface area contributed by atoms with Crippen molar-refractivity contribution < 1.29 is 17.9 Å². The van der Waals surface area contributed by atoms with Crippen molar-refractivity contribution in [3.05, 3.63) is 50.4 Å². The average molecular weight is 299 g/mol. The standard InChI is InChI=1S/C10H9N3O6S/c1-6-4-10(14)12(11-6)8-3-2-7(20(17,18)19)5-9(8)13(15)16/h2-5,11H,1H3,(H,17,18,19). The summed E-state index contributed by atoms with van der Waals surface area (Å²) in [6.45, 7) is 1.59. The Hall–Kier alpha value is -2.46. The molecule has 0 aliphatic carbocycles. The van der Waals surface area contributed by atoms with Gasteiger partial charge in [0.2, 0.25) is 0 Å². The second-order valence-electron chi connectivity index (χ2n) is 4.00. The van der Waals surface area contributed by atoms with Crippen LogP contribution in [0, 0.1) is 17.0 Å². The second kappa shape index (κ2) is 4.58. The molecule has 0 radical (unpaired) electrons. The third kappa shape index (κ3) is 2.46. The van der Waals surface area contributed by atoms with Gasteiger partial charge in [-0.05, 0) is 19.1 Å². The van der Waals surface area contributed by atoms with Crippen molar-refractivity contribution in [2.24, 2.45) is 0 Å². The van der Waals surface area contributed by atoms with Crippen molar-refractivity contribution in [2.45, 2.75) is 11.8 Å². The van der Waals surface area contributed by atoms with Crippen LogP contribution in [0.25, 0.3) is 5.69 Å². The molecule has 0 saturated carbocycles. The lowest BCUT2D eigenvalue weighted by Crippen LogP contribution is -2.15. The highest BCUT2D eigenvalue weighted by Crippen LogP contribution is 2.25. The minimum absolute atomic E-state index is 0.125. The van der Waals surface area contributed by atoms with E-state index in [0.29, 0.717) is 11.8 Å². The van der Waals surface area contributed by atoms with Gasteiger partial charge in [0.15, 0.2) is 0 Å². The van der Waals surface area contributed by atoms with Crippen LogP contribution < -0.4 is 5.56 Å². The van der Waals surface area contributed by atoms with Crippen molar-refractivity contribution in [2.75, 3.05) is 0 Å². The largest absolute Gasteiger partial charge is 0.296 e. The van der Waals surface area contributed by atoms with Crippen LogP contribution in [0.4, 0.5) is 5.69 Å². The van der Waals surface area contributed by atoms with Gasteiger partial charge in [-0.25, -0.2) is 4.68 Å². The predicted molar refractivity (Wildman–Crippen MR) is 67.6 cm³/mol. The van der Waals surface area contributed by atoms with Gasteiger partial charge in [0.1, 0.15) is 10.6 Å². The minimum Gasteiger partial charge on any atom is -0.295 e. The molecule has 0 saturated heterocycles. The topological polar surface area (TPSA) is 135 Å². The number of nitrogens with zero attached hydrogens (tertiary/aromatic N) is 2. The van der Waals surface area contributed by atoms with E-state index in [-0.39, 0.29) is 5.69 Å². The van der Waals surface area contributed by atoms with E-state index in [2.05, 4.69) is 5.10 Å². The fourth-order valence-electron chi connectivity index (χ4n) is 1.69. The van der Waals surface area contributed by atoms with Crippen LogP contribution in [-0.4, -0.2) is 27.7 Å². The summed E-state index contributed by atoms with van der Waals surface area (Å²) in [7, 11) is -4.56. The summed E-state index contributed by atoms with van der Waals surface area (Å²) in [5.74, 6) is 0. The van der Waals surface area contributed by atoms with E-state index < -0.39 is 31.2 Å². The fraction of sp³-hybridized carbons (Fsp3) is 0.100. The van der Waals surface area contributed by atoms with E-state index in [0.717, 1.165) is 16.8 Å². The molecule has 106 valence electrons. The highest BCUT2D eigenvalue weighted by atomic mass is 32.2. The van der Waals surface area contributed by atoms with Gasteiger partial charge in [0.05, 0.1) is 4.92 Å². The van der Waals surface area contributed by atoms with E-state index >= 15 is 0 Å². The number of hydrogen-bond donors (Lipinski definition) is 2. The molecule has 0 aliphatic rings. The molecule has 0 spiro atoms. The maximum Gasteiger partial charge on any atom is 0.296 e. The monoisotopic (exact) mass is 299 g/mol. The zero-order valence-electron chi connectivity index (χ0n) is 10.1. The van der Waals surface area contributed by atoms with Crippen molar-refractivity contribution in [3.63, 3.8) is 0 Å². The van der Waals surface area contributed by atoms with Crippen LogP contribution in [0.5, 0.6) is 0 Å². The first-order chi connectivity index (χ1) is 9.20. The molecule has 0 aliphatic heterocycles. The highest BCUT2D eigenvalue weighted by molar-refractivity contribution is 7.85. The Morgan fingerprint density at radius 3 is 2.45 bits per heavy atom. The molecule has 2 aromatic rings. The Labute approximate surface area is 112 Å².